The molecule has 65 valence electrons. The summed E-state index contributed by atoms with van der Waals surface area (Å²) in [5.41, 5.74) is 1.09. The lowest BCUT2D eigenvalue weighted by molar-refractivity contribution is 0.0793. The summed E-state index contributed by atoms with van der Waals surface area (Å²) in [5, 5.41) is 0. The molecule has 0 aliphatic rings. The van der Waals surface area contributed by atoms with Gasteiger partial charge >= 0.3 is 0 Å². The Morgan fingerprint density at radius 3 is 2.09 bits per heavy atom. The van der Waals surface area contributed by atoms with Crippen LogP contribution in [-0.4, -0.2) is 22.1 Å². The van der Waals surface area contributed by atoms with Crippen LogP contribution in [0.15, 0.2) is 11.5 Å². The normalized spacial score (nSPS) is 9.64. The van der Waals surface area contributed by atoms with Gasteiger partial charge in [-0.05, 0) is 13.8 Å². The maximum atomic E-state index is 5.42. The molecule has 0 spiro atoms. The molecule has 0 amide bonds. The molecular formula is C8H17O2Si. The van der Waals surface area contributed by atoms with Gasteiger partial charge in [0.05, 0.1) is 22.1 Å². The molecule has 0 atom stereocenters. The smallest absolute Gasteiger partial charge is 0.277 e. The molecule has 0 saturated heterocycles. The zero-order chi connectivity index (χ0) is 8.85. The van der Waals surface area contributed by atoms with Crippen molar-refractivity contribution in [3.8, 4) is 0 Å². The van der Waals surface area contributed by atoms with Crippen LogP contribution in [0.5, 0.6) is 0 Å². The van der Waals surface area contributed by atoms with Gasteiger partial charge in [0.2, 0.25) is 0 Å². The molecule has 2 nitrogen and oxygen atoms in total. The van der Waals surface area contributed by atoms with E-state index in [0.717, 1.165) is 11.8 Å². The van der Waals surface area contributed by atoms with Crippen molar-refractivity contribution in [1.82, 2.24) is 0 Å². The Labute approximate surface area is 70.8 Å². The molecule has 1 radical (unpaired) electrons. The summed E-state index contributed by atoms with van der Waals surface area (Å²) in [4.78, 5) is 0. The summed E-state index contributed by atoms with van der Waals surface area (Å²) in [6, 6.07) is 0. The lowest BCUT2D eigenvalue weighted by atomic mass is 10.4. The highest BCUT2D eigenvalue weighted by Crippen LogP contribution is 2.05. The van der Waals surface area contributed by atoms with E-state index in [-0.39, 0.29) is 8.80 Å². The van der Waals surface area contributed by atoms with Crippen LogP contribution in [0.25, 0.3) is 0 Å². The minimum absolute atomic E-state index is 0.309. The zero-order valence-corrected chi connectivity index (χ0v) is 9.02. The largest absolute Gasteiger partial charge is 0.470 e. The molecule has 0 aliphatic carbocycles. The van der Waals surface area contributed by atoms with E-state index < -0.39 is 0 Å². The Balaban J connectivity index is 3.81. The number of allylic oxidation sites excluding steroid dienone is 1. The van der Waals surface area contributed by atoms with Crippen LogP contribution in [0.4, 0.5) is 0 Å². The van der Waals surface area contributed by atoms with Gasteiger partial charge < -0.3 is 9.47 Å². The number of rotatable bonds is 4. The third kappa shape index (κ3) is 4.90. The summed E-state index contributed by atoms with van der Waals surface area (Å²) < 4.78 is 10.5. The molecule has 0 aliphatic heterocycles. The monoisotopic (exact) mass is 173 g/mol. The van der Waals surface area contributed by atoms with Crippen LogP contribution in [0.3, 0.4) is 0 Å². The summed E-state index contributed by atoms with van der Waals surface area (Å²) in [6.45, 7) is 8.39. The van der Waals surface area contributed by atoms with E-state index in [1.807, 2.05) is 13.8 Å². The van der Waals surface area contributed by atoms with Gasteiger partial charge in [0.25, 0.3) is 5.95 Å². The number of hydrogen-bond donors (Lipinski definition) is 0. The molecule has 0 saturated carbocycles. The molecule has 0 aromatic carbocycles. The molecule has 0 heterocycles. The fourth-order valence-electron chi connectivity index (χ4n) is 0.617. The fraction of sp³-hybridized carbons (Fsp3) is 0.750. The molecule has 0 fully saturated rings. The first-order chi connectivity index (χ1) is 5.07. The van der Waals surface area contributed by atoms with E-state index in [4.69, 9.17) is 9.47 Å². The average molecular weight is 173 g/mol. The first kappa shape index (κ1) is 10.6. The summed E-state index contributed by atoms with van der Waals surface area (Å²) in [7, 11) is 1.33. The highest BCUT2D eigenvalue weighted by Gasteiger charge is 2.02. The van der Waals surface area contributed by atoms with E-state index >= 15 is 0 Å². The second-order valence-corrected chi connectivity index (χ2v) is 5.69. The third-order valence-electron chi connectivity index (χ3n) is 1.09. The van der Waals surface area contributed by atoms with Gasteiger partial charge in [0.15, 0.2) is 0 Å². The topological polar surface area (TPSA) is 18.5 Å². The predicted octanol–water partition coefficient (Wildman–Crippen LogP) is 2.19. The van der Waals surface area contributed by atoms with Crippen molar-refractivity contribution in [2.45, 2.75) is 26.9 Å². The Bertz CT molecular complexity index is 137. The van der Waals surface area contributed by atoms with Gasteiger partial charge in [0, 0.05) is 5.57 Å². The van der Waals surface area contributed by atoms with Gasteiger partial charge in [-0.15, -0.1) is 0 Å². The van der Waals surface area contributed by atoms with E-state index in [9.17, 15) is 0 Å². The van der Waals surface area contributed by atoms with Crippen molar-refractivity contribution < 1.29 is 9.47 Å². The van der Waals surface area contributed by atoms with Gasteiger partial charge in [-0.1, -0.05) is 13.1 Å². The highest BCUT2D eigenvalue weighted by atomic mass is 28.3. The van der Waals surface area contributed by atoms with E-state index in [0.29, 0.717) is 5.95 Å². The Kier molecular flexibility index (Phi) is 5.03. The van der Waals surface area contributed by atoms with Crippen molar-refractivity contribution in [3.05, 3.63) is 11.5 Å². The van der Waals surface area contributed by atoms with E-state index in [1.165, 1.54) is 0 Å². The molecule has 3 heteroatoms. The standard InChI is InChI=1S/C8H17O2Si/c1-7(2)8(9-3)10-6-11(4)5/h6H2,1-5H3. The quantitative estimate of drug-likeness (QED) is 0.479. The first-order valence-electron chi connectivity index (χ1n) is 3.71. The molecule has 11 heavy (non-hydrogen) atoms. The highest BCUT2D eigenvalue weighted by molar-refractivity contribution is 6.55. The Hall–Kier alpha value is -0.443. The fourth-order valence-corrected chi connectivity index (χ4v) is 1.04. The molecule has 0 bridgehead atoms. The molecule has 0 unspecified atom stereocenters. The average Bonchev–Trinajstić information content (AvgIpc) is 1.87. The predicted molar refractivity (Wildman–Crippen MR) is 48.8 cm³/mol. The molecular weight excluding hydrogens is 156 g/mol. The minimum Gasteiger partial charge on any atom is -0.470 e. The van der Waals surface area contributed by atoms with Crippen LogP contribution >= 0.6 is 0 Å². The zero-order valence-electron chi connectivity index (χ0n) is 8.02. The van der Waals surface area contributed by atoms with Crippen LogP contribution in [0, 0.1) is 0 Å². The van der Waals surface area contributed by atoms with E-state index in [2.05, 4.69) is 13.1 Å². The van der Waals surface area contributed by atoms with Crippen molar-refractivity contribution in [2.75, 3.05) is 13.3 Å². The second-order valence-electron chi connectivity index (χ2n) is 2.99. The van der Waals surface area contributed by atoms with Crippen LogP contribution in [0.2, 0.25) is 13.1 Å². The van der Waals surface area contributed by atoms with Crippen LogP contribution < -0.4 is 0 Å². The van der Waals surface area contributed by atoms with Gasteiger partial charge in [0.1, 0.15) is 0 Å². The molecule has 0 aromatic rings. The molecule has 0 aromatic heterocycles. The van der Waals surface area contributed by atoms with E-state index in [1.54, 1.807) is 7.11 Å². The van der Waals surface area contributed by atoms with Crippen LogP contribution in [0.1, 0.15) is 13.8 Å². The van der Waals surface area contributed by atoms with Crippen LogP contribution in [-0.2, 0) is 9.47 Å². The van der Waals surface area contributed by atoms with Crippen molar-refractivity contribution >= 4 is 8.80 Å². The molecule has 0 N–H and O–H groups in total. The number of methoxy groups -OCH3 is 1. The summed E-state index contributed by atoms with van der Waals surface area (Å²) >= 11 is 0. The second kappa shape index (κ2) is 5.24. The van der Waals surface area contributed by atoms with Gasteiger partial charge in [-0.25, -0.2) is 0 Å². The first-order valence-corrected chi connectivity index (χ1v) is 6.42. The van der Waals surface area contributed by atoms with Crippen molar-refractivity contribution in [2.24, 2.45) is 0 Å². The summed E-state index contributed by atoms with van der Waals surface area (Å²) in [5.74, 6) is 0.677. The minimum atomic E-state index is -0.309. The number of hydrogen-bond acceptors (Lipinski definition) is 2. The van der Waals surface area contributed by atoms with Crippen molar-refractivity contribution in [3.63, 3.8) is 0 Å². The van der Waals surface area contributed by atoms with Gasteiger partial charge in [-0.2, -0.15) is 0 Å². The maximum absolute atomic E-state index is 5.42. The van der Waals surface area contributed by atoms with Gasteiger partial charge in [-0.3, -0.25) is 0 Å². The van der Waals surface area contributed by atoms with Crippen molar-refractivity contribution in [1.29, 1.82) is 0 Å². The Morgan fingerprint density at radius 1 is 1.27 bits per heavy atom. The lowest BCUT2D eigenvalue weighted by Gasteiger charge is -2.11. The lowest BCUT2D eigenvalue weighted by Crippen LogP contribution is -2.12. The summed E-state index contributed by atoms with van der Waals surface area (Å²) in [6.07, 6.45) is 0.818. The third-order valence-corrected chi connectivity index (χ3v) is 1.81. The Morgan fingerprint density at radius 2 is 1.82 bits per heavy atom. The molecule has 0 rings (SSSR count). The number of ether oxygens (including phenoxy) is 2. The maximum Gasteiger partial charge on any atom is 0.277 e. The SMILES string of the molecule is COC(OC[Si](C)C)=C(C)C.